The number of hydrogen-bond acceptors (Lipinski definition) is 3. The molecular weight excluding hydrogens is 296 g/mol. The summed E-state index contributed by atoms with van der Waals surface area (Å²) in [6, 6.07) is 23.6. The van der Waals surface area contributed by atoms with Crippen LogP contribution >= 0.6 is 0 Å². The summed E-state index contributed by atoms with van der Waals surface area (Å²) >= 11 is 0. The van der Waals surface area contributed by atoms with Crippen molar-refractivity contribution in [1.82, 2.24) is 4.98 Å². The highest BCUT2D eigenvalue weighted by molar-refractivity contribution is 6.03. The second kappa shape index (κ2) is 7.26. The maximum atomic E-state index is 9.84. The Hall–Kier alpha value is -3.38. The van der Waals surface area contributed by atoms with Crippen LogP contribution in [0.25, 0.3) is 11.1 Å². The van der Waals surface area contributed by atoms with E-state index in [0.717, 1.165) is 28.0 Å². The van der Waals surface area contributed by atoms with Gasteiger partial charge < -0.3 is 4.74 Å². The second-order valence-electron chi connectivity index (χ2n) is 5.20. The molecule has 0 unspecified atom stereocenters. The smallest absolute Gasteiger partial charge is 0.118 e. The van der Waals surface area contributed by atoms with E-state index in [1.54, 1.807) is 19.5 Å². The van der Waals surface area contributed by atoms with Gasteiger partial charge in [-0.2, -0.15) is 5.26 Å². The van der Waals surface area contributed by atoms with Crippen molar-refractivity contribution in [2.24, 2.45) is 0 Å². The van der Waals surface area contributed by atoms with Gasteiger partial charge in [-0.25, -0.2) is 0 Å². The van der Waals surface area contributed by atoms with Gasteiger partial charge in [-0.05, 0) is 41.5 Å². The number of aromatic nitrogens is 1. The predicted molar refractivity (Wildman–Crippen MR) is 95.2 cm³/mol. The summed E-state index contributed by atoms with van der Waals surface area (Å²) in [7, 11) is 1.63. The van der Waals surface area contributed by atoms with E-state index in [0.29, 0.717) is 5.57 Å². The molecule has 0 aliphatic rings. The minimum absolute atomic E-state index is 0.608. The topological polar surface area (TPSA) is 45.9 Å². The molecule has 116 valence electrons. The van der Waals surface area contributed by atoms with Crippen LogP contribution < -0.4 is 4.74 Å². The van der Waals surface area contributed by atoms with Crippen molar-refractivity contribution in [2.45, 2.75) is 0 Å². The number of ether oxygens (including phenoxy) is 1. The lowest BCUT2D eigenvalue weighted by atomic mass is 9.91. The molecule has 0 aliphatic carbocycles. The molecule has 0 saturated carbocycles. The van der Waals surface area contributed by atoms with Gasteiger partial charge in [-0.3, -0.25) is 4.98 Å². The van der Waals surface area contributed by atoms with E-state index in [1.165, 1.54) is 0 Å². The molecule has 1 heterocycles. The fraction of sp³-hybridized carbons (Fsp3) is 0.0476. The third kappa shape index (κ3) is 3.18. The highest BCUT2D eigenvalue weighted by Crippen LogP contribution is 2.32. The summed E-state index contributed by atoms with van der Waals surface area (Å²) < 4.78 is 5.20. The second-order valence-corrected chi connectivity index (χ2v) is 5.20. The highest BCUT2D eigenvalue weighted by atomic mass is 16.5. The van der Waals surface area contributed by atoms with Crippen LogP contribution in [0.2, 0.25) is 0 Å². The zero-order valence-corrected chi connectivity index (χ0v) is 13.3. The summed E-state index contributed by atoms with van der Waals surface area (Å²) in [5.74, 6) is 0.763. The zero-order chi connectivity index (χ0) is 16.8. The van der Waals surface area contributed by atoms with E-state index in [2.05, 4.69) is 11.1 Å². The molecule has 3 aromatic rings. The first-order valence-electron chi connectivity index (χ1n) is 7.58. The zero-order valence-electron chi connectivity index (χ0n) is 13.3. The molecule has 0 amide bonds. The van der Waals surface area contributed by atoms with Gasteiger partial charge in [0.05, 0.1) is 12.7 Å². The third-order valence-electron chi connectivity index (χ3n) is 3.75. The van der Waals surface area contributed by atoms with Crippen LogP contribution in [0, 0.1) is 11.3 Å². The molecule has 0 atom stereocenters. The van der Waals surface area contributed by atoms with E-state index >= 15 is 0 Å². The lowest BCUT2D eigenvalue weighted by molar-refractivity contribution is 0.415. The molecule has 24 heavy (non-hydrogen) atoms. The third-order valence-corrected chi connectivity index (χ3v) is 3.75. The number of pyridine rings is 1. The fourth-order valence-electron chi connectivity index (χ4n) is 2.59. The first-order chi connectivity index (χ1) is 11.8. The minimum atomic E-state index is 0.608. The lowest BCUT2D eigenvalue weighted by Crippen LogP contribution is -1.94. The number of rotatable bonds is 4. The van der Waals surface area contributed by atoms with Crippen molar-refractivity contribution in [3.63, 3.8) is 0 Å². The fourth-order valence-corrected chi connectivity index (χ4v) is 2.59. The monoisotopic (exact) mass is 312 g/mol. The quantitative estimate of drug-likeness (QED) is 0.523. The van der Waals surface area contributed by atoms with Crippen molar-refractivity contribution in [2.75, 3.05) is 7.11 Å². The molecule has 3 rings (SSSR count). The summed E-state index contributed by atoms with van der Waals surface area (Å²) in [5, 5.41) is 9.84. The van der Waals surface area contributed by atoms with E-state index in [9.17, 15) is 5.26 Å². The Bertz CT molecular complexity index is 835. The Balaban J connectivity index is 2.24. The van der Waals surface area contributed by atoms with Crippen LogP contribution in [0.5, 0.6) is 5.75 Å². The highest BCUT2D eigenvalue weighted by Gasteiger charge is 2.14. The van der Waals surface area contributed by atoms with E-state index in [1.807, 2.05) is 66.7 Å². The van der Waals surface area contributed by atoms with Crippen LogP contribution in [-0.4, -0.2) is 12.1 Å². The van der Waals surface area contributed by atoms with Crippen molar-refractivity contribution < 1.29 is 4.74 Å². The minimum Gasteiger partial charge on any atom is -0.497 e. The molecule has 0 spiro atoms. The molecule has 0 radical (unpaired) electrons. The molecule has 0 aliphatic heterocycles. The number of nitrogens with zero attached hydrogens (tertiary/aromatic N) is 2. The maximum Gasteiger partial charge on any atom is 0.118 e. The Morgan fingerprint density at radius 3 is 2.17 bits per heavy atom. The van der Waals surface area contributed by atoms with Crippen molar-refractivity contribution >= 4 is 11.1 Å². The SMILES string of the molecule is COc1ccc(C(C#N)=C(c2ccccc2)c2cccnc2)cc1. The molecule has 0 saturated heterocycles. The van der Waals surface area contributed by atoms with Crippen molar-refractivity contribution in [1.29, 1.82) is 5.26 Å². The number of nitriles is 1. The molecule has 3 heteroatoms. The molecule has 0 N–H and O–H groups in total. The molecule has 0 fully saturated rings. The van der Waals surface area contributed by atoms with Gasteiger partial charge in [-0.1, -0.05) is 36.4 Å². The molecular formula is C21H16N2O. The Morgan fingerprint density at radius 2 is 1.58 bits per heavy atom. The van der Waals surface area contributed by atoms with Crippen LogP contribution in [0.1, 0.15) is 16.7 Å². The van der Waals surface area contributed by atoms with Crippen LogP contribution in [-0.2, 0) is 0 Å². The summed E-state index contributed by atoms with van der Waals surface area (Å²) in [4.78, 5) is 4.21. The Morgan fingerprint density at radius 1 is 0.875 bits per heavy atom. The van der Waals surface area contributed by atoms with Gasteiger partial charge in [0.1, 0.15) is 11.8 Å². The average molecular weight is 312 g/mol. The number of methoxy groups -OCH3 is 1. The molecule has 2 aromatic carbocycles. The number of allylic oxidation sites excluding steroid dienone is 1. The summed E-state index contributed by atoms with van der Waals surface area (Å²) in [5.41, 5.74) is 4.23. The number of hydrogen-bond donors (Lipinski definition) is 0. The maximum absolute atomic E-state index is 9.84. The van der Waals surface area contributed by atoms with Gasteiger partial charge in [-0.15, -0.1) is 0 Å². The van der Waals surface area contributed by atoms with Gasteiger partial charge in [0.25, 0.3) is 0 Å². The lowest BCUT2D eigenvalue weighted by Gasteiger charge is -2.12. The summed E-state index contributed by atoms with van der Waals surface area (Å²) in [6.07, 6.45) is 3.51. The molecule has 1 aromatic heterocycles. The van der Waals surface area contributed by atoms with Gasteiger partial charge in [0.15, 0.2) is 0 Å². The molecule has 0 bridgehead atoms. The average Bonchev–Trinajstić information content (AvgIpc) is 2.67. The van der Waals surface area contributed by atoms with E-state index < -0.39 is 0 Å². The van der Waals surface area contributed by atoms with Gasteiger partial charge >= 0.3 is 0 Å². The Kier molecular flexibility index (Phi) is 4.69. The summed E-state index contributed by atoms with van der Waals surface area (Å²) in [6.45, 7) is 0. The van der Waals surface area contributed by atoms with E-state index in [4.69, 9.17) is 4.74 Å². The van der Waals surface area contributed by atoms with Crippen LogP contribution in [0.15, 0.2) is 79.1 Å². The van der Waals surface area contributed by atoms with Crippen molar-refractivity contribution in [3.8, 4) is 11.8 Å². The van der Waals surface area contributed by atoms with Gasteiger partial charge in [0, 0.05) is 23.5 Å². The van der Waals surface area contributed by atoms with E-state index in [-0.39, 0.29) is 0 Å². The van der Waals surface area contributed by atoms with Crippen LogP contribution in [0.3, 0.4) is 0 Å². The Labute approximate surface area is 141 Å². The normalized spacial score (nSPS) is 11.3. The predicted octanol–water partition coefficient (Wildman–Crippen LogP) is 4.57. The first kappa shape index (κ1) is 15.5. The van der Waals surface area contributed by atoms with Gasteiger partial charge in [0.2, 0.25) is 0 Å². The standard InChI is InChI=1S/C21H16N2O/c1-24-19-11-9-16(10-12-19)20(14-22)21(17-6-3-2-4-7-17)18-8-5-13-23-15-18/h2-13,15H,1H3. The first-order valence-corrected chi connectivity index (χ1v) is 7.58. The van der Waals surface area contributed by atoms with Crippen molar-refractivity contribution in [3.05, 3.63) is 95.8 Å². The molecule has 3 nitrogen and oxygen atoms in total. The number of benzene rings is 2. The largest absolute Gasteiger partial charge is 0.497 e. The van der Waals surface area contributed by atoms with Crippen LogP contribution in [0.4, 0.5) is 0 Å².